The predicted octanol–water partition coefficient (Wildman–Crippen LogP) is 4.55. The third-order valence-electron chi connectivity index (χ3n) is 4.27. The van der Waals surface area contributed by atoms with Gasteiger partial charge in [0.05, 0.1) is 18.4 Å². The summed E-state index contributed by atoms with van der Waals surface area (Å²) in [4.78, 5) is 15.7. The van der Waals surface area contributed by atoms with Gasteiger partial charge < -0.3 is 14.4 Å². The molecule has 5 nitrogen and oxygen atoms in total. The first-order valence-corrected chi connectivity index (χ1v) is 8.20. The first kappa shape index (κ1) is 17.5. The van der Waals surface area contributed by atoms with Crippen LogP contribution in [0.15, 0.2) is 59.7 Å². The Bertz CT molecular complexity index is 969. The van der Waals surface area contributed by atoms with Gasteiger partial charge in [0, 0.05) is 29.4 Å². The van der Waals surface area contributed by atoms with Crippen molar-refractivity contribution in [1.82, 2.24) is 4.57 Å². The van der Waals surface area contributed by atoms with Gasteiger partial charge in [-0.15, -0.1) is 0 Å². The number of ether oxygens (including phenoxy) is 1. The van der Waals surface area contributed by atoms with Crippen LogP contribution in [0.1, 0.15) is 27.2 Å². The van der Waals surface area contributed by atoms with E-state index in [1.165, 1.54) is 0 Å². The summed E-state index contributed by atoms with van der Waals surface area (Å²) >= 11 is 0. The molecule has 0 amide bonds. The maximum atomic E-state index is 11.2. The Labute approximate surface area is 152 Å². The molecule has 0 spiro atoms. The molecule has 132 valence electrons. The molecule has 0 aliphatic carbocycles. The predicted molar refractivity (Wildman–Crippen MR) is 102 cm³/mol. The van der Waals surface area contributed by atoms with Crippen LogP contribution in [0.5, 0.6) is 5.75 Å². The summed E-state index contributed by atoms with van der Waals surface area (Å²) in [5.74, 6) is -0.129. The van der Waals surface area contributed by atoms with E-state index in [0.29, 0.717) is 11.3 Å². The van der Waals surface area contributed by atoms with Gasteiger partial charge in [0.2, 0.25) is 0 Å². The van der Waals surface area contributed by atoms with Crippen LogP contribution in [0.3, 0.4) is 0 Å². The largest absolute Gasteiger partial charge is 0.497 e. The number of carbonyl (C=O) groups is 1. The van der Waals surface area contributed by atoms with Crippen molar-refractivity contribution < 1.29 is 14.6 Å². The molecule has 0 aliphatic heterocycles. The molecule has 1 heterocycles. The van der Waals surface area contributed by atoms with E-state index in [0.717, 1.165) is 22.7 Å². The molecule has 0 saturated carbocycles. The number of benzene rings is 2. The minimum atomic E-state index is -0.943. The molecule has 1 aromatic heterocycles. The number of methoxy groups -OCH3 is 1. The summed E-state index contributed by atoms with van der Waals surface area (Å²) in [6.07, 6.45) is 3.75. The minimum absolute atomic E-state index is 0.270. The first-order valence-electron chi connectivity index (χ1n) is 8.20. The summed E-state index contributed by atoms with van der Waals surface area (Å²) < 4.78 is 7.26. The van der Waals surface area contributed by atoms with Crippen LogP contribution >= 0.6 is 0 Å². The average Bonchev–Trinajstić information content (AvgIpc) is 3.01. The minimum Gasteiger partial charge on any atom is -0.497 e. The highest BCUT2D eigenvalue weighted by Gasteiger charge is 2.09. The van der Waals surface area contributed by atoms with Gasteiger partial charge in [-0.05, 0) is 61.9 Å². The lowest BCUT2D eigenvalue weighted by molar-refractivity contribution is 0.0696. The van der Waals surface area contributed by atoms with E-state index in [9.17, 15) is 9.90 Å². The van der Waals surface area contributed by atoms with Crippen LogP contribution in [0.25, 0.3) is 5.69 Å². The van der Waals surface area contributed by atoms with Crippen LogP contribution in [0.4, 0.5) is 5.69 Å². The van der Waals surface area contributed by atoms with Crippen LogP contribution in [-0.4, -0.2) is 29.0 Å². The van der Waals surface area contributed by atoms with Gasteiger partial charge in [-0.1, -0.05) is 6.07 Å². The molecular formula is C21H20N2O3. The number of carboxylic acids is 1. The van der Waals surface area contributed by atoms with Crippen molar-refractivity contribution in [3.8, 4) is 11.4 Å². The Morgan fingerprint density at radius 2 is 1.88 bits per heavy atom. The highest BCUT2D eigenvalue weighted by molar-refractivity contribution is 5.91. The van der Waals surface area contributed by atoms with Crippen LogP contribution in [0.2, 0.25) is 0 Å². The van der Waals surface area contributed by atoms with Crippen molar-refractivity contribution in [1.29, 1.82) is 0 Å². The van der Waals surface area contributed by atoms with Gasteiger partial charge >= 0.3 is 5.97 Å². The van der Waals surface area contributed by atoms with Crippen molar-refractivity contribution in [2.75, 3.05) is 7.11 Å². The Hall–Kier alpha value is -3.34. The summed E-state index contributed by atoms with van der Waals surface area (Å²) in [7, 11) is 1.64. The van der Waals surface area contributed by atoms with Crippen LogP contribution < -0.4 is 4.74 Å². The zero-order valence-corrected chi connectivity index (χ0v) is 14.9. The van der Waals surface area contributed by atoms with Crippen LogP contribution in [-0.2, 0) is 0 Å². The number of rotatable bonds is 5. The zero-order chi connectivity index (χ0) is 18.7. The summed E-state index contributed by atoms with van der Waals surface area (Å²) in [6.45, 7) is 3.79. The number of hydrogen-bond acceptors (Lipinski definition) is 3. The molecule has 0 atom stereocenters. The maximum absolute atomic E-state index is 11.2. The third-order valence-corrected chi connectivity index (χ3v) is 4.27. The lowest BCUT2D eigenvalue weighted by Crippen LogP contribution is -1.99. The standard InChI is InChI=1S/C21H20N2O3/c1-14-11-16(13-23(14)17-7-9-18(26-3)10-8-17)12-22-20-6-4-5-19(15(20)2)21(24)25/h4-13H,1-3H3,(H,24,25). The number of aryl methyl sites for hydroxylation is 1. The quantitative estimate of drug-likeness (QED) is 0.688. The number of nitrogens with zero attached hydrogens (tertiary/aromatic N) is 2. The van der Waals surface area contributed by atoms with E-state index in [4.69, 9.17) is 4.74 Å². The Balaban J connectivity index is 1.89. The van der Waals surface area contributed by atoms with Gasteiger partial charge in [0.25, 0.3) is 0 Å². The SMILES string of the molecule is COc1ccc(-n2cc(C=Nc3cccc(C(=O)O)c3C)cc2C)cc1. The lowest BCUT2D eigenvalue weighted by atomic mass is 10.1. The maximum Gasteiger partial charge on any atom is 0.336 e. The molecule has 0 unspecified atom stereocenters. The second-order valence-corrected chi connectivity index (χ2v) is 6.00. The molecule has 5 heteroatoms. The van der Waals surface area contributed by atoms with Gasteiger partial charge in [-0.25, -0.2) is 4.79 Å². The van der Waals surface area contributed by atoms with Crippen molar-refractivity contribution in [3.05, 3.63) is 77.1 Å². The molecule has 0 fully saturated rings. The number of aromatic carboxylic acids is 1. The van der Waals surface area contributed by atoms with Crippen LogP contribution in [0, 0.1) is 13.8 Å². The normalized spacial score (nSPS) is 11.0. The smallest absolute Gasteiger partial charge is 0.336 e. The van der Waals surface area contributed by atoms with E-state index in [1.807, 2.05) is 49.5 Å². The molecular weight excluding hydrogens is 328 g/mol. The number of carboxylic acid groups (broad SMARTS) is 1. The van der Waals surface area contributed by atoms with E-state index in [2.05, 4.69) is 9.56 Å². The van der Waals surface area contributed by atoms with Crippen molar-refractivity contribution in [2.45, 2.75) is 13.8 Å². The molecule has 0 aliphatic rings. The Kier molecular flexibility index (Phi) is 4.89. The fourth-order valence-corrected chi connectivity index (χ4v) is 2.83. The molecule has 3 aromatic rings. The molecule has 0 saturated heterocycles. The fourth-order valence-electron chi connectivity index (χ4n) is 2.83. The summed E-state index contributed by atoms with van der Waals surface area (Å²) in [5, 5.41) is 9.21. The lowest BCUT2D eigenvalue weighted by Gasteiger charge is -2.06. The van der Waals surface area contributed by atoms with Crippen molar-refractivity contribution in [3.63, 3.8) is 0 Å². The van der Waals surface area contributed by atoms with E-state index < -0.39 is 5.97 Å². The first-order chi connectivity index (χ1) is 12.5. The molecule has 1 N–H and O–H groups in total. The second-order valence-electron chi connectivity index (χ2n) is 6.00. The second kappa shape index (κ2) is 7.27. The van der Waals surface area contributed by atoms with Gasteiger partial charge in [-0.3, -0.25) is 4.99 Å². The van der Waals surface area contributed by atoms with E-state index in [1.54, 1.807) is 32.4 Å². The number of hydrogen-bond donors (Lipinski definition) is 1. The van der Waals surface area contributed by atoms with Crippen molar-refractivity contribution >= 4 is 17.9 Å². The Morgan fingerprint density at radius 1 is 1.15 bits per heavy atom. The highest BCUT2D eigenvalue weighted by atomic mass is 16.5. The molecule has 2 aromatic carbocycles. The highest BCUT2D eigenvalue weighted by Crippen LogP contribution is 2.23. The number of aromatic nitrogens is 1. The third kappa shape index (κ3) is 3.52. The average molecular weight is 348 g/mol. The Morgan fingerprint density at radius 3 is 2.54 bits per heavy atom. The molecule has 0 radical (unpaired) electrons. The van der Waals surface area contributed by atoms with Gasteiger partial charge in [0.15, 0.2) is 0 Å². The van der Waals surface area contributed by atoms with E-state index >= 15 is 0 Å². The van der Waals surface area contributed by atoms with Crippen molar-refractivity contribution in [2.24, 2.45) is 4.99 Å². The molecule has 3 rings (SSSR count). The van der Waals surface area contributed by atoms with Gasteiger partial charge in [-0.2, -0.15) is 0 Å². The zero-order valence-electron chi connectivity index (χ0n) is 14.9. The summed E-state index contributed by atoms with van der Waals surface area (Å²) in [5.41, 5.74) is 4.63. The fraction of sp³-hybridized carbons (Fsp3) is 0.143. The topological polar surface area (TPSA) is 63.8 Å². The molecule has 0 bridgehead atoms. The van der Waals surface area contributed by atoms with Gasteiger partial charge in [0.1, 0.15) is 5.75 Å². The molecule has 26 heavy (non-hydrogen) atoms. The van der Waals surface area contributed by atoms with E-state index in [-0.39, 0.29) is 5.56 Å². The summed E-state index contributed by atoms with van der Waals surface area (Å²) in [6, 6.07) is 15.0. The number of aliphatic imine (C=N–C) groups is 1. The monoisotopic (exact) mass is 348 g/mol.